The number of aromatic nitrogens is 2. The summed E-state index contributed by atoms with van der Waals surface area (Å²) in [7, 11) is 0. The number of ketones is 1. The summed E-state index contributed by atoms with van der Waals surface area (Å²) in [5.41, 5.74) is 4.39. The lowest BCUT2D eigenvalue weighted by Gasteiger charge is -2.38. The molecule has 0 bridgehead atoms. The van der Waals surface area contributed by atoms with E-state index < -0.39 is 11.3 Å². The molecule has 0 radical (unpaired) electrons. The molecule has 2 N–H and O–H groups in total. The van der Waals surface area contributed by atoms with Crippen molar-refractivity contribution in [2.75, 3.05) is 0 Å². The van der Waals surface area contributed by atoms with E-state index >= 15 is 0 Å². The van der Waals surface area contributed by atoms with Gasteiger partial charge in [0.1, 0.15) is 5.78 Å². The molecule has 1 unspecified atom stereocenters. The van der Waals surface area contributed by atoms with Crippen LogP contribution < -0.4 is 0 Å². The van der Waals surface area contributed by atoms with E-state index in [2.05, 4.69) is 29.0 Å². The number of H-pyrrole nitrogens is 2. The van der Waals surface area contributed by atoms with Crippen LogP contribution in [0.5, 0.6) is 0 Å². The van der Waals surface area contributed by atoms with Gasteiger partial charge in [0.05, 0.1) is 5.92 Å². The molecule has 5 heteroatoms. The number of carbonyl (C=O) groups is 2. The summed E-state index contributed by atoms with van der Waals surface area (Å²) in [6, 6.07) is 16.3. The van der Waals surface area contributed by atoms with Crippen molar-refractivity contribution >= 4 is 33.5 Å². The summed E-state index contributed by atoms with van der Waals surface area (Å²) in [6.45, 7) is 5.29. The van der Waals surface area contributed by atoms with Crippen LogP contribution in [-0.4, -0.2) is 26.6 Å². The van der Waals surface area contributed by atoms with Crippen LogP contribution in [0.2, 0.25) is 0 Å². The Morgan fingerprint density at radius 3 is 1.91 bits per heavy atom. The summed E-state index contributed by atoms with van der Waals surface area (Å²) in [4.78, 5) is 33.4. The van der Waals surface area contributed by atoms with Gasteiger partial charge in [0.15, 0.2) is 0 Å². The van der Waals surface area contributed by atoms with Gasteiger partial charge in [0.25, 0.3) is 0 Å². The first-order chi connectivity index (χ1) is 15.4. The first-order valence-corrected chi connectivity index (χ1v) is 10.7. The summed E-state index contributed by atoms with van der Waals surface area (Å²) >= 11 is 0. The predicted octanol–water partition coefficient (Wildman–Crippen LogP) is 5.42. The number of hydrogen-bond acceptors (Lipinski definition) is 2. The number of hydrogen-bond donors (Lipinski definition) is 2. The SMILES string of the molecule is CC(=O)C1C=CN(C(C)=O)C=C1C(C)(c1c[nH]c2ccccc12)c1c[nH]c2ccccc12. The fourth-order valence-corrected chi connectivity index (χ4v) is 4.97. The van der Waals surface area contributed by atoms with Crippen molar-refractivity contribution in [3.05, 3.63) is 96.1 Å². The fraction of sp³-hybridized carbons (Fsp3) is 0.185. The van der Waals surface area contributed by atoms with Crippen molar-refractivity contribution in [3.63, 3.8) is 0 Å². The van der Waals surface area contributed by atoms with Crippen LogP contribution in [0.15, 0.2) is 85.0 Å². The molecule has 1 aliphatic heterocycles. The van der Waals surface area contributed by atoms with E-state index in [4.69, 9.17) is 0 Å². The molecule has 0 saturated heterocycles. The molecule has 3 heterocycles. The monoisotopic (exact) mass is 423 g/mol. The summed E-state index contributed by atoms with van der Waals surface area (Å²) in [6.07, 6.45) is 9.43. The summed E-state index contributed by atoms with van der Waals surface area (Å²) in [5.74, 6) is -0.486. The van der Waals surface area contributed by atoms with Gasteiger partial charge in [-0.05, 0) is 42.7 Å². The van der Waals surface area contributed by atoms with Crippen molar-refractivity contribution in [2.24, 2.45) is 5.92 Å². The Morgan fingerprint density at radius 1 is 0.875 bits per heavy atom. The van der Waals surface area contributed by atoms with Crippen LogP contribution in [0.1, 0.15) is 31.9 Å². The second kappa shape index (κ2) is 7.38. The number of nitrogens with zero attached hydrogens (tertiary/aromatic N) is 1. The average Bonchev–Trinajstić information content (AvgIpc) is 3.43. The smallest absolute Gasteiger partial charge is 0.227 e. The number of para-hydroxylation sites is 2. The van der Waals surface area contributed by atoms with Crippen molar-refractivity contribution in [3.8, 4) is 0 Å². The highest BCUT2D eigenvalue weighted by atomic mass is 16.2. The number of nitrogens with one attached hydrogen (secondary N) is 2. The second-order valence-electron chi connectivity index (χ2n) is 8.56. The van der Waals surface area contributed by atoms with Gasteiger partial charge in [0.2, 0.25) is 5.91 Å². The molecule has 1 aliphatic rings. The molecule has 5 rings (SSSR count). The van der Waals surface area contributed by atoms with Crippen molar-refractivity contribution in [1.29, 1.82) is 0 Å². The van der Waals surface area contributed by atoms with E-state index in [1.54, 1.807) is 18.0 Å². The Labute approximate surface area is 186 Å². The van der Waals surface area contributed by atoms with E-state index in [1.807, 2.05) is 61.1 Å². The van der Waals surface area contributed by atoms with Crippen molar-refractivity contribution in [2.45, 2.75) is 26.2 Å². The lowest BCUT2D eigenvalue weighted by atomic mass is 9.65. The van der Waals surface area contributed by atoms with Gasteiger partial charge in [0, 0.05) is 58.9 Å². The largest absolute Gasteiger partial charge is 0.361 e. The molecular formula is C27H25N3O2. The summed E-state index contributed by atoms with van der Waals surface area (Å²) < 4.78 is 0. The number of amides is 1. The maximum atomic E-state index is 12.8. The van der Waals surface area contributed by atoms with Gasteiger partial charge in [-0.15, -0.1) is 0 Å². The first-order valence-electron chi connectivity index (χ1n) is 10.7. The van der Waals surface area contributed by atoms with Gasteiger partial charge in [-0.25, -0.2) is 0 Å². The van der Waals surface area contributed by atoms with Gasteiger partial charge in [-0.3, -0.25) is 14.5 Å². The molecule has 160 valence electrons. The molecule has 0 saturated carbocycles. The minimum Gasteiger partial charge on any atom is -0.361 e. The quantitative estimate of drug-likeness (QED) is 0.460. The van der Waals surface area contributed by atoms with Gasteiger partial charge < -0.3 is 9.97 Å². The zero-order chi connectivity index (χ0) is 22.5. The Morgan fingerprint density at radius 2 is 1.41 bits per heavy atom. The zero-order valence-electron chi connectivity index (χ0n) is 18.3. The maximum absolute atomic E-state index is 12.8. The third-order valence-electron chi connectivity index (χ3n) is 6.69. The normalized spacial score (nSPS) is 16.5. The lowest BCUT2D eigenvalue weighted by molar-refractivity contribution is -0.125. The number of allylic oxidation sites excluding steroid dienone is 2. The van der Waals surface area contributed by atoms with Gasteiger partial charge in [-0.1, -0.05) is 42.5 Å². The van der Waals surface area contributed by atoms with Crippen LogP contribution in [0.25, 0.3) is 21.8 Å². The first kappa shape index (κ1) is 20.1. The number of benzene rings is 2. The van der Waals surface area contributed by atoms with Crippen LogP contribution in [0.3, 0.4) is 0 Å². The van der Waals surface area contributed by atoms with E-state index in [1.165, 1.54) is 6.92 Å². The summed E-state index contributed by atoms with van der Waals surface area (Å²) in [5, 5.41) is 2.18. The van der Waals surface area contributed by atoms with E-state index in [0.717, 1.165) is 38.5 Å². The zero-order valence-corrected chi connectivity index (χ0v) is 18.3. The number of aromatic amines is 2. The number of rotatable bonds is 4. The third-order valence-corrected chi connectivity index (χ3v) is 6.69. The number of fused-ring (bicyclic) bond motifs is 2. The Balaban J connectivity index is 1.86. The Kier molecular flexibility index (Phi) is 4.63. The van der Waals surface area contributed by atoms with Crippen LogP contribution in [-0.2, 0) is 15.0 Å². The second-order valence-corrected chi connectivity index (χ2v) is 8.56. The molecular weight excluding hydrogens is 398 g/mol. The molecule has 4 aromatic rings. The average molecular weight is 424 g/mol. The maximum Gasteiger partial charge on any atom is 0.227 e. The molecule has 5 nitrogen and oxygen atoms in total. The van der Waals surface area contributed by atoms with Gasteiger partial charge in [-0.2, -0.15) is 0 Å². The fourth-order valence-electron chi connectivity index (χ4n) is 4.97. The van der Waals surface area contributed by atoms with Crippen LogP contribution in [0.4, 0.5) is 0 Å². The Hall–Kier alpha value is -3.86. The van der Waals surface area contributed by atoms with E-state index in [0.29, 0.717) is 0 Å². The molecule has 1 amide bonds. The van der Waals surface area contributed by atoms with Crippen LogP contribution >= 0.6 is 0 Å². The van der Waals surface area contributed by atoms with E-state index in [9.17, 15) is 9.59 Å². The molecule has 32 heavy (non-hydrogen) atoms. The van der Waals surface area contributed by atoms with Crippen molar-refractivity contribution < 1.29 is 9.59 Å². The number of carbonyl (C=O) groups excluding carboxylic acids is 2. The Bertz CT molecular complexity index is 1340. The topological polar surface area (TPSA) is 69.0 Å². The molecule has 1 atom stereocenters. The predicted molar refractivity (Wildman–Crippen MR) is 127 cm³/mol. The van der Waals surface area contributed by atoms with E-state index in [-0.39, 0.29) is 11.7 Å². The molecule has 0 fully saturated rings. The van der Waals surface area contributed by atoms with Crippen molar-refractivity contribution in [1.82, 2.24) is 14.9 Å². The minimum absolute atomic E-state index is 0.0432. The standard InChI is InChI=1S/C27H25N3O2/c1-17(31)19-12-13-30(18(2)32)16-24(19)27(3,22-14-28-25-10-6-4-8-20(22)25)23-15-29-26-11-7-5-9-21(23)26/h4-16,19,28-29H,1-3H3. The highest BCUT2D eigenvalue weighted by molar-refractivity contribution is 5.93. The molecule has 0 spiro atoms. The minimum atomic E-state index is -0.673. The lowest BCUT2D eigenvalue weighted by Crippen LogP contribution is -2.36. The van der Waals surface area contributed by atoms with Gasteiger partial charge >= 0.3 is 0 Å². The third kappa shape index (κ3) is 2.93. The molecule has 0 aliphatic carbocycles. The highest BCUT2D eigenvalue weighted by Gasteiger charge is 2.42. The molecule has 2 aromatic heterocycles. The van der Waals surface area contributed by atoms with Crippen LogP contribution in [0, 0.1) is 5.92 Å². The highest BCUT2D eigenvalue weighted by Crippen LogP contribution is 2.48. The molecule has 2 aromatic carbocycles. The number of Topliss-reactive ketones (excluding diaryl/α,β-unsaturated/α-hetero) is 1.